The minimum absolute atomic E-state index is 0.0313. The van der Waals surface area contributed by atoms with Crippen LogP contribution in [0.2, 0.25) is 0 Å². The molecule has 3 nitrogen and oxygen atoms in total. The molecule has 0 unspecified atom stereocenters. The van der Waals surface area contributed by atoms with Crippen molar-refractivity contribution in [2.45, 2.75) is 12.8 Å². The van der Waals surface area contributed by atoms with E-state index in [-0.39, 0.29) is 29.5 Å². The van der Waals surface area contributed by atoms with Gasteiger partial charge in [-0.1, -0.05) is 18.2 Å². The standard InChI is InChI=1S/C13H12O3/c14-10-7-6-9-11(10)12(9)13(15)16-8-4-2-1-3-5-8/h1-5,9,11-12H,6-7H2/t9-,11-,12+/m1/s1. The monoisotopic (exact) mass is 216 g/mol. The van der Waals surface area contributed by atoms with Crippen molar-refractivity contribution < 1.29 is 14.3 Å². The average Bonchev–Trinajstić information content (AvgIpc) is 2.91. The van der Waals surface area contributed by atoms with Crippen molar-refractivity contribution in [1.29, 1.82) is 0 Å². The third-order valence-corrected chi connectivity index (χ3v) is 3.50. The average molecular weight is 216 g/mol. The molecule has 0 heterocycles. The van der Waals surface area contributed by atoms with E-state index in [4.69, 9.17) is 4.74 Å². The third-order valence-electron chi connectivity index (χ3n) is 3.50. The lowest BCUT2D eigenvalue weighted by molar-refractivity contribution is -0.138. The van der Waals surface area contributed by atoms with Gasteiger partial charge >= 0.3 is 5.97 Å². The molecule has 1 aromatic carbocycles. The van der Waals surface area contributed by atoms with Crippen molar-refractivity contribution in [3.8, 4) is 5.75 Å². The van der Waals surface area contributed by atoms with Crippen LogP contribution in [0.3, 0.4) is 0 Å². The second-order valence-corrected chi connectivity index (χ2v) is 4.45. The molecule has 0 bridgehead atoms. The molecule has 0 N–H and O–H groups in total. The van der Waals surface area contributed by atoms with E-state index < -0.39 is 0 Å². The first kappa shape index (κ1) is 9.58. The predicted octanol–water partition coefficient (Wildman–Crippen LogP) is 1.82. The molecule has 1 aromatic rings. The van der Waals surface area contributed by atoms with E-state index in [0.29, 0.717) is 12.2 Å². The van der Waals surface area contributed by atoms with Gasteiger partial charge in [0.1, 0.15) is 11.5 Å². The number of rotatable bonds is 2. The molecular weight excluding hydrogens is 204 g/mol. The van der Waals surface area contributed by atoms with Crippen LogP contribution in [0.25, 0.3) is 0 Å². The van der Waals surface area contributed by atoms with Crippen LogP contribution >= 0.6 is 0 Å². The molecule has 0 aliphatic heterocycles. The zero-order valence-corrected chi connectivity index (χ0v) is 8.76. The maximum absolute atomic E-state index is 11.8. The van der Waals surface area contributed by atoms with Crippen LogP contribution < -0.4 is 4.74 Å². The number of esters is 1. The van der Waals surface area contributed by atoms with Gasteiger partial charge in [0.05, 0.1) is 5.92 Å². The van der Waals surface area contributed by atoms with E-state index in [1.165, 1.54) is 0 Å². The molecule has 2 aliphatic rings. The highest BCUT2D eigenvalue weighted by Gasteiger charge is 2.62. The number of Topliss-reactive ketones (excluding diaryl/α,β-unsaturated/α-hetero) is 1. The van der Waals surface area contributed by atoms with Crippen LogP contribution in [0.15, 0.2) is 30.3 Å². The Kier molecular flexibility index (Phi) is 2.06. The molecule has 3 heteroatoms. The highest BCUT2D eigenvalue weighted by Crippen LogP contribution is 2.55. The summed E-state index contributed by atoms with van der Waals surface area (Å²) in [5, 5.41) is 0. The largest absolute Gasteiger partial charge is 0.426 e. The van der Waals surface area contributed by atoms with Gasteiger partial charge in [0.15, 0.2) is 0 Å². The number of para-hydroxylation sites is 1. The molecule has 0 spiro atoms. The van der Waals surface area contributed by atoms with E-state index in [1.807, 2.05) is 18.2 Å². The summed E-state index contributed by atoms with van der Waals surface area (Å²) in [5.74, 6) is 0.626. The predicted molar refractivity (Wildman–Crippen MR) is 56.8 cm³/mol. The fourth-order valence-electron chi connectivity index (χ4n) is 2.64. The van der Waals surface area contributed by atoms with E-state index in [9.17, 15) is 9.59 Å². The molecule has 0 aromatic heterocycles. The molecule has 3 atom stereocenters. The molecule has 0 amide bonds. The highest BCUT2D eigenvalue weighted by molar-refractivity contribution is 5.95. The minimum Gasteiger partial charge on any atom is -0.426 e. The minimum atomic E-state index is -0.241. The molecule has 16 heavy (non-hydrogen) atoms. The Labute approximate surface area is 93.4 Å². The van der Waals surface area contributed by atoms with Gasteiger partial charge < -0.3 is 4.74 Å². The topological polar surface area (TPSA) is 43.4 Å². The smallest absolute Gasteiger partial charge is 0.315 e. The molecule has 82 valence electrons. The van der Waals surface area contributed by atoms with E-state index in [0.717, 1.165) is 6.42 Å². The summed E-state index contributed by atoms with van der Waals surface area (Å²) < 4.78 is 5.23. The molecule has 3 rings (SSSR count). The van der Waals surface area contributed by atoms with Gasteiger partial charge in [-0.3, -0.25) is 9.59 Å². The van der Waals surface area contributed by atoms with Crippen molar-refractivity contribution >= 4 is 11.8 Å². The van der Waals surface area contributed by atoms with Crippen molar-refractivity contribution in [2.75, 3.05) is 0 Å². The maximum atomic E-state index is 11.8. The normalized spacial score (nSPS) is 31.0. The molecular formula is C13H12O3. The quantitative estimate of drug-likeness (QED) is 0.559. The number of benzene rings is 1. The van der Waals surface area contributed by atoms with Gasteiger partial charge in [-0.05, 0) is 24.5 Å². The zero-order chi connectivity index (χ0) is 11.1. The zero-order valence-electron chi connectivity index (χ0n) is 8.76. The van der Waals surface area contributed by atoms with Gasteiger partial charge in [0.2, 0.25) is 0 Å². The Morgan fingerprint density at radius 1 is 1.25 bits per heavy atom. The molecule has 2 aliphatic carbocycles. The summed E-state index contributed by atoms with van der Waals surface area (Å²) in [6.45, 7) is 0. The van der Waals surface area contributed by atoms with E-state index in [2.05, 4.69) is 0 Å². The van der Waals surface area contributed by atoms with Crippen LogP contribution in [0, 0.1) is 17.8 Å². The summed E-state index contributed by atoms with van der Waals surface area (Å²) in [4.78, 5) is 23.1. The maximum Gasteiger partial charge on any atom is 0.315 e. The van der Waals surface area contributed by atoms with Crippen molar-refractivity contribution in [3.05, 3.63) is 30.3 Å². The summed E-state index contributed by atoms with van der Waals surface area (Å²) in [6.07, 6.45) is 1.50. The SMILES string of the molecule is O=C1CC[C@@H]2[C@H]1[C@H]2C(=O)Oc1ccccc1. The second-order valence-electron chi connectivity index (χ2n) is 4.45. The Morgan fingerprint density at radius 3 is 2.62 bits per heavy atom. The fourth-order valence-corrected chi connectivity index (χ4v) is 2.64. The molecule has 2 saturated carbocycles. The van der Waals surface area contributed by atoms with Crippen molar-refractivity contribution in [2.24, 2.45) is 17.8 Å². The van der Waals surface area contributed by atoms with E-state index in [1.54, 1.807) is 12.1 Å². The lowest BCUT2D eigenvalue weighted by atomic mass is 10.1. The summed E-state index contributed by atoms with van der Waals surface area (Å²) in [7, 11) is 0. The number of carbonyl (C=O) groups is 2. The molecule has 0 radical (unpaired) electrons. The van der Waals surface area contributed by atoms with Crippen LogP contribution in [-0.2, 0) is 9.59 Å². The van der Waals surface area contributed by atoms with Crippen molar-refractivity contribution in [1.82, 2.24) is 0 Å². The first-order chi connectivity index (χ1) is 7.77. The van der Waals surface area contributed by atoms with Gasteiger partial charge in [0, 0.05) is 12.3 Å². The summed E-state index contributed by atoms with van der Waals surface area (Å²) in [5.41, 5.74) is 0. The molecule has 2 fully saturated rings. The van der Waals surface area contributed by atoms with Gasteiger partial charge in [-0.2, -0.15) is 0 Å². The number of carbonyl (C=O) groups excluding carboxylic acids is 2. The second kappa shape index (κ2) is 3.44. The highest BCUT2D eigenvalue weighted by atomic mass is 16.5. The Morgan fingerprint density at radius 2 is 2.00 bits per heavy atom. The van der Waals surface area contributed by atoms with E-state index >= 15 is 0 Å². The van der Waals surface area contributed by atoms with Crippen LogP contribution in [0.1, 0.15) is 12.8 Å². The first-order valence-electron chi connectivity index (χ1n) is 5.57. The lowest BCUT2D eigenvalue weighted by Crippen LogP contribution is -2.15. The van der Waals surface area contributed by atoms with Crippen LogP contribution in [-0.4, -0.2) is 11.8 Å². The first-order valence-corrected chi connectivity index (χ1v) is 5.57. The van der Waals surface area contributed by atoms with Crippen LogP contribution in [0.5, 0.6) is 5.75 Å². The Bertz CT molecular complexity index is 438. The summed E-state index contributed by atoms with van der Waals surface area (Å²) in [6, 6.07) is 9.01. The number of hydrogen-bond acceptors (Lipinski definition) is 3. The Balaban J connectivity index is 1.66. The number of hydrogen-bond donors (Lipinski definition) is 0. The third kappa shape index (κ3) is 1.43. The molecule has 0 saturated heterocycles. The lowest BCUT2D eigenvalue weighted by Gasteiger charge is -2.04. The van der Waals surface area contributed by atoms with Gasteiger partial charge in [-0.25, -0.2) is 0 Å². The fraction of sp³-hybridized carbons (Fsp3) is 0.385. The number of fused-ring (bicyclic) bond motifs is 1. The number of ketones is 1. The number of ether oxygens (including phenoxy) is 1. The van der Waals surface area contributed by atoms with Crippen LogP contribution in [0.4, 0.5) is 0 Å². The van der Waals surface area contributed by atoms with Gasteiger partial charge in [-0.15, -0.1) is 0 Å². The summed E-state index contributed by atoms with van der Waals surface area (Å²) >= 11 is 0. The van der Waals surface area contributed by atoms with Crippen molar-refractivity contribution in [3.63, 3.8) is 0 Å². The Hall–Kier alpha value is -1.64. The van der Waals surface area contributed by atoms with Gasteiger partial charge in [0.25, 0.3) is 0 Å².